The minimum absolute atomic E-state index is 0.123. The van der Waals surface area contributed by atoms with Crippen LogP contribution < -0.4 is 10.1 Å². The van der Waals surface area contributed by atoms with Crippen LogP contribution >= 0.6 is 11.8 Å². The lowest BCUT2D eigenvalue weighted by atomic mass is 10.2. The van der Waals surface area contributed by atoms with Gasteiger partial charge in [-0.15, -0.1) is 10.2 Å². The number of anilines is 1. The standard InChI is InChI=1S/C18H14F3N3O3S/c1-10(15(25)22-13-4-2-3-5-14(13)26-17(20)21)28-18-24-23-16(27-18)11-6-8-12(19)9-7-11/h2-10,17H,1H3,(H,22,25)/t10-/m0/s1. The highest BCUT2D eigenvalue weighted by molar-refractivity contribution is 8.00. The van der Waals surface area contributed by atoms with Crippen LogP contribution in [0.2, 0.25) is 0 Å². The Morgan fingerprint density at radius 1 is 1.14 bits per heavy atom. The topological polar surface area (TPSA) is 77.2 Å². The number of nitrogens with zero attached hydrogens (tertiary/aromatic N) is 2. The molecule has 10 heteroatoms. The fraction of sp³-hybridized carbons (Fsp3) is 0.167. The molecule has 3 aromatic rings. The summed E-state index contributed by atoms with van der Waals surface area (Å²) in [6.07, 6.45) is 0. The summed E-state index contributed by atoms with van der Waals surface area (Å²) < 4.78 is 47.8. The summed E-state index contributed by atoms with van der Waals surface area (Å²) in [5.41, 5.74) is 0.661. The fourth-order valence-electron chi connectivity index (χ4n) is 2.17. The maximum Gasteiger partial charge on any atom is 0.387 e. The molecular weight excluding hydrogens is 395 g/mol. The van der Waals surface area contributed by atoms with Gasteiger partial charge >= 0.3 is 6.61 Å². The van der Waals surface area contributed by atoms with Crippen LogP contribution in [0, 0.1) is 5.82 Å². The van der Waals surface area contributed by atoms with Crippen molar-refractivity contribution in [3.63, 3.8) is 0 Å². The zero-order valence-electron chi connectivity index (χ0n) is 14.4. The molecule has 1 amide bonds. The van der Waals surface area contributed by atoms with E-state index in [1.165, 1.54) is 42.5 Å². The Morgan fingerprint density at radius 2 is 1.86 bits per heavy atom. The van der Waals surface area contributed by atoms with Gasteiger partial charge in [-0.2, -0.15) is 8.78 Å². The zero-order chi connectivity index (χ0) is 20.1. The molecule has 28 heavy (non-hydrogen) atoms. The van der Waals surface area contributed by atoms with Crippen molar-refractivity contribution in [3.05, 3.63) is 54.3 Å². The highest BCUT2D eigenvalue weighted by Gasteiger charge is 2.20. The van der Waals surface area contributed by atoms with Gasteiger partial charge in [0.15, 0.2) is 0 Å². The van der Waals surface area contributed by atoms with Gasteiger partial charge in [-0.3, -0.25) is 4.79 Å². The highest BCUT2D eigenvalue weighted by Crippen LogP contribution is 2.29. The van der Waals surface area contributed by atoms with Gasteiger partial charge in [-0.25, -0.2) is 4.39 Å². The number of amides is 1. The first-order chi connectivity index (χ1) is 13.4. The molecule has 0 aliphatic heterocycles. The first-order valence-corrected chi connectivity index (χ1v) is 8.91. The summed E-state index contributed by atoms with van der Waals surface area (Å²) in [4.78, 5) is 12.4. The average molecular weight is 409 g/mol. The fourth-order valence-corrected chi connectivity index (χ4v) is 2.86. The number of halogens is 3. The molecule has 1 aromatic heterocycles. The third kappa shape index (κ3) is 5.03. The minimum atomic E-state index is -3.01. The molecule has 1 heterocycles. The quantitative estimate of drug-likeness (QED) is 0.575. The van der Waals surface area contributed by atoms with Crippen LogP contribution in [0.3, 0.4) is 0 Å². The molecule has 3 rings (SSSR count). The van der Waals surface area contributed by atoms with Crippen LogP contribution in [-0.2, 0) is 4.79 Å². The summed E-state index contributed by atoms with van der Waals surface area (Å²) in [5, 5.41) is 9.72. The summed E-state index contributed by atoms with van der Waals surface area (Å²) in [5.74, 6) is -0.804. The van der Waals surface area contributed by atoms with E-state index in [0.29, 0.717) is 5.56 Å². The van der Waals surface area contributed by atoms with Crippen molar-refractivity contribution >= 4 is 23.4 Å². The Labute approximate surface area is 162 Å². The second-order valence-electron chi connectivity index (χ2n) is 5.50. The van der Waals surface area contributed by atoms with Gasteiger partial charge < -0.3 is 14.5 Å². The number of nitrogens with one attached hydrogen (secondary N) is 1. The van der Waals surface area contributed by atoms with E-state index < -0.39 is 17.8 Å². The molecule has 0 spiro atoms. The van der Waals surface area contributed by atoms with E-state index in [9.17, 15) is 18.0 Å². The number of carbonyl (C=O) groups excluding carboxylic acids is 1. The number of para-hydroxylation sites is 2. The first-order valence-electron chi connectivity index (χ1n) is 8.03. The lowest BCUT2D eigenvalue weighted by Gasteiger charge is -2.13. The molecule has 0 unspecified atom stereocenters. The number of thioether (sulfide) groups is 1. The number of benzene rings is 2. The molecular formula is C18H14F3N3O3S. The maximum absolute atomic E-state index is 13.0. The minimum Gasteiger partial charge on any atom is -0.433 e. The van der Waals surface area contributed by atoms with Gasteiger partial charge in [0.2, 0.25) is 11.8 Å². The van der Waals surface area contributed by atoms with Crippen LogP contribution in [0.15, 0.2) is 58.2 Å². The van der Waals surface area contributed by atoms with E-state index in [1.807, 2.05) is 0 Å². The zero-order valence-corrected chi connectivity index (χ0v) is 15.3. The van der Waals surface area contributed by atoms with Crippen molar-refractivity contribution in [3.8, 4) is 17.2 Å². The van der Waals surface area contributed by atoms with Crippen molar-refractivity contribution in [2.75, 3.05) is 5.32 Å². The normalized spacial score (nSPS) is 12.0. The predicted molar refractivity (Wildman–Crippen MR) is 96.7 cm³/mol. The van der Waals surface area contributed by atoms with Crippen molar-refractivity contribution in [2.45, 2.75) is 24.0 Å². The van der Waals surface area contributed by atoms with E-state index in [-0.39, 0.29) is 28.4 Å². The number of aromatic nitrogens is 2. The SMILES string of the molecule is C[C@H](Sc1nnc(-c2ccc(F)cc2)o1)C(=O)Nc1ccccc1OC(F)F. The monoisotopic (exact) mass is 409 g/mol. The molecule has 1 N–H and O–H groups in total. The molecule has 1 atom stereocenters. The van der Waals surface area contributed by atoms with Gasteiger partial charge in [0.1, 0.15) is 11.6 Å². The van der Waals surface area contributed by atoms with Crippen molar-refractivity contribution in [1.29, 1.82) is 0 Å². The number of rotatable bonds is 7. The number of hydrogen-bond acceptors (Lipinski definition) is 6. The van der Waals surface area contributed by atoms with Crippen molar-refractivity contribution in [1.82, 2.24) is 10.2 Å². The molecule has 0 aliphatic carbocycles. The molecule has 0 saturated heterocycles. The van der Waals surface area contributed by atoms with Gasteiger partial charge in [0.25, 0.3) is 5.22 Å². The smallest absolute Gasteiger partial charge is 0.387 e. The second-order valence-corrected chi connectivity index (χ2v) is 6.80. The maximum atomic E-state index is 13.0. The lowest BCUT2D eigenvalue weighted by molar-refractivity contribution is -0.115. The highest BCUT2D eigenvalue weighted by atomic mass is 32.2. The Balaban J connectivity index is 1.64. The van der Waals surface area contributed by atoms with Crippen molar-refractivity contribution in [2.24, 2.45) is 0 Å². The van der Waals surface area contributed by atoms with E-state index in [2.05, 4.69) is 20.3 Å². The Hall–Kier alpha value is -3.01. The molecule has 0 aliphatic rings. The molecule has 146 valence electrons. The van der Waals surface area contributed by atoms with E-state index in [1.54, 1.807) is 13.0 Å². The second kappa shape index (κ2) is 8.79. The summed E-state index contributed by atoms with van der Waals surface area (Å²) in [7, 11) is 0. The third-order valence-electron chi connectivity index (χ3n) is 3.51. The summed E-state index contributed by atoms with van der Waals surface area (Å²) >= 11 is 0.994. The molecule has 0 bridgehead atoms. The number of carbonyl (C=O) groups is 1. The van der Waals surface area contributed by atoms with Gasteiger partial charge in [0.05, 0.1) is 10.9 Å². The molecule has 6 nitrogen and oxygen atoms in total. The Bertz CT molecular complexity index is 951. The predicted octanol–water partition coefficient (Wildman–Crippen LogP) is 4.60. The number of hydrogen-bond donors (Lipinski definition) is 1. The average Bonchev–Trinajstić information content (AvgIpc) is 3.12. The third-order valence-corrected chi connectivity index (χ3v) is 4.44. The molecule has 2 aromatic carbocycles. The van der Waals surface area contributed by atoms with Crippen molar-refractivity contribution < 1.29 is 27.1 Å². The summed E-state index contributed by atoms with van der Waals surface area (Å²) in [6.45, 7) is -1.41. The Kier molecular flexibility index (Phi) is 6.19. The number of alkyl halides is 2. The van der Waals surface area contributed by atoms with Crippen LogP contribution in [0.25, 0.3) is 11.5 Å². The van der Waals surface area contributed by atoms with Crippen LogP contribution in [-0.4, -0.2) is 28.0 Å². The van der Waals surface area contributed by atoms with E-state index in [0.717, 1.165) is 11.8 Å². The molecule has 0 radical (unpaired) electrons. The van der Waals surface area contributed by atoms with E-state index >= 15 is 0 Å². The Morgan fingerprint density at radius 3 is 2.57 bits per heavy atom. The first kappa shape index (κ1) is 19.7. The lowest BCUT2D eigenvalue weighted by Crippen LogP contribution is -2.23. The van der Waals surface area contributed by atoms with Crippen LogP contribution in [0.5, 0.6) is 5.75 Å². The van der Waals surface area contributed by atoms with Gasteiger partial charge in [0, 0.05) is 5.56 Å². The van der Waals surface area contributed by atoms with E-state index in [4.69, 9.17) is 4.42 Å². The van der Waals surface area contributed by atoms with Gasteiger partial charge in [-0.1, -0.05) is 23.9 Å². The summed E-state index contributed by atoms with van der Waals surface area (Å²) in [6, 6.07) is 11.4. The van der Waals surface area contributed by atoms with Crippen LogP contribution in [0.1, 0.15) is 6.92 Å². The molecule has 0 saturated carbocycles. The van der Waals surface area contributed by atoms with Crippen LogP contribution in [0.4, 0.5) is 18.9 Å². The number of ether oxygens (including phenoxy) is 1. The molecule has 0 fully saturated rings. The van der Waals surface area contributed by atoms with Gasteiger partial charge in [-0.05, 0) is 43.3 Å². The largest absolute Gasteiger partial charge is 0.433 e.